The predicted molar refractivity (Wildman–Crippen MR) is 75.3 cm³/mol. The summed E-state index contributed by atoms with van der Waals surface area (Å²) in [6.07, 6.45) is 1.12. The second-order valence-corrected chi connectivity index (χ2v) is 4.39. The van der Waals surface area contributed by atoms with Gasteiger partial charge in [-0.3, -0.25) is 4.90 Å². The molecule has 0 aliphatic rings. The summed E-state index contributed by atoms with van der Waals surface area (Å²) in [5, 5.41) is 3.38. The van der Waals surface area contributed by atoms with Crippen LogP contribution < -0.4 is 5.32 Å². The van der Waals surface area contributed by atoms with E-state index in [-0.39, 0.29) is 0 Å². The van der Waals surface area contributed by atoms with Crippen molar-refractivity contribution < 1.29 is 0 Å². The van der Waals surface area contributed by atoms with Crippen molar-refractivity contribution in [3.05, 3.63) is 35.4 Å². The molecule has 0 spiro atoms. The summed E-state index contributed by atoms with van der Waals surface area (Å²) >= 11 is 0. The van der Waals surface area contributed by atoms with E-state index in [9.17, 15) is 0 Å². The molecule has 1 N–H and O–H groups in total. The number of rotatable bonds is 8. The molecule has 0 saturated carbocycles. The summed E-state index contributed by atoms with van der Waals surface area (Å²) in [5.74, 6) is 0. The van der Waals surface area contributed by atoms with Crippen LogP contribution in [0.15, 0.2) is 24.3 Å². The molecule has 0 fully saturated rings. The molecule has 96 valence electrons. The topological polar surface area (TPSA) is 15.3 Å². The van der Waals surface area contributed by atoms with E-state index in [1.54, 1.807) is 0 Å². The lowest BCUT2D eigenvalue weighted by Gasteiger charge is -2.20. The van der Waals surface area contributed by atoms with Gasteiger partial charge in [-0.2, -0.15) is 0 Å². The molecular weight excluding hydrogens is 208 g/mol. The third-order valence-electron chi connectivity index (χ3n) is 3.14. The highest BCUT2D eigenvalue weighted by atomic mass is 15.1. The highest BCUT2D eigenvalue weighted by molar-refractivity contribution is 5.22. The Labute approximate surface area is 106 Å². The maximum Gasteiger partial charge on any atom is 0.0234 e. The summed E-state index contributed by atoms with van der Waals surface area (Å²) in [4.78, 5) is 2.48. The van der Waals surface area contributed by atoms with Crippen LogP contribution in [0.1, 0.15) is 31.9 Å². The van der Waals surface area contributed by atoms with Gasteiger partial charge < -0.3 is 5.32 Å². The molecule has 1 aromatic rings. The first-order valence-electron chi connectivity index (χ1n) is 6.81. The number of likely N-dealkylation sites (N-methyl/N-ethyl adjacent to an activating group) is 2. The average Bonchev–Trinajstić information content (AvgIpc) is 2.38. The van der Waals surface area contributed by atoms with Crippen molar-refractivity contribution >= 4 is 0 Å². The Bertz CT molecular complexity index is 292. The van der Waals surface area contributed by atoms with Crippen molar-refractivity contribution in [2.24, 2.45) is 0 Å². The Kier molecular flexibility index (Phi) is 6.90. The molecule has 0 aromatic heterocycles. The first-order chi connectivity index (χ1) is 8.30. The molecule has 1 aromatic carbocycles. The smallest absolute Gasteiger partial charge is 0.0234 e. The van der Waals surface area contributed by atoms with Crippen molar-refractivity contribution in [3.63, 3.8) is 0 Å². The van der Waals surface area contributed by atoms with Crippen molar-refractivity contribution in [2.75, 3.05) is 26.2 Å². The fourth-order valence-corrected chi connectivity index (χ4v) is 1.90. The maximum atomic E-state index is 3.38. The molecule has 2 heteroatoms. The van der Waals surface area contributed by atoms with Crippen LogP contribution in [0.5, 0.6) is 0 Å². The van der Waals surface area contributed by atoms with Crippen molar-refractivity contribution in [2.45, 2.75) is 33.7 Å². The van der Waals surface area contributed by atoms with Gasteiger partial charge in [0.2, 0.25) is 0 Å². The molecular formula is C15H26N2. The van der Waals surface area contributed by atoms with Gasteiger partial charge in [-0.05, 0) is 30.6 Å². The van der Waals surface area contributed by atoms with Gasteiger partial charge in [-0.15, -0.1) is 0 Å². The van der Waals surface area contributed by atoms with Crippen LogP contribution in [-0.4, -0.2) is 31.1 Å². The van der Waals surface area contributed by atoms with E-state index in [1.807, 2.05) is 0 Å². The second-order valence-electron chi connectivity index (χ2n) is 4.39. The number of nitrogens with zero attached hydrogens (tertiary/aromatic N) is 1. The first-order valence-corrected chi connectivity index (χ1v) is 6.81. The molecule has 0 aliphatic heterocycles. The van der Waals surface area contributed by atoms with Crippen LogP contribution in [0.3, 0.4) is 0 Å². The molecule has 0 radical (unpaired) electrons. The molecule has 2 nitrogen and oxygen atoms in total. The van der Waals surface area contributed by atoms with Crippen LogP contribution in [0.25, 0.3) is 0 Å². The Balaban J connectivity index is 2.43. The first kappa shape index (κ1) is 14.2. The lowest BCUT2D eigenvalue weighted by atomic mass is 10.1. The van der Waals surface area contributed by atoms with E-state index in [2.05, 4.69) is 55.3 Å². The fourth-order valence-electron chi connectivity index (χ4n) is 1.90. The summed E-state index contributed by atoms with van der Waals surface area (Å²) in [5.41, 5.74) is 2.84. The highest BCUT2D eigenvalue weighted by Gasteiger charge is 2.02. The number of nitrogens with one attached hydrogen (secondary N) is 1. The van der Waals surface area contributed by atoms with Gasteiger partial charge in [0.1, 0.15) is 0 Å². The van der Waals surface area contributed by atoms with Gasteiger partial charge in [0.05, 0.1) is 0 Å². The van der Waals surface area contributed by atoms with E-state index >= 15 is 0 Å². The van der Waals surface area contributed by atoms with Gasteiger partial charge in [0.15, 0.2) is 0 Å². The monoisotopic (exact) mass is 234 g/mol. The molecule has 0 amide bonds. The van der Waals surface area contributed by atoms with Crippen LogP contribution in [0.2, 0.25) is 0 Å². The molecule has 0 heterocycles. The number of benzene rings is 1. The van der Waals surface area contributed by atoms with Crippen LogP contribution in [0.4, 0.5) is 0 Å². The van der Waals surface area contributed by atoms with E-state index < -0.39 is 0 Å². The highest BCUT2D eigenvalue weighted by Crippen LogP contribution is 2.07. The van der Waals surface area contributed by atoms with E-state index in [4.69, 9.17) is 0 Å². The Morgan fingerprint density at radius 3 is 2.18 bits per heavy atom. The summed E-state index contributed by atoms with van der Waals surface area (Å²) in [6.45, 7) is 12.0. The lowest BCUT2D eigenvalue weighted by Crippen LogP contribution is -2.31. The molecule has 0 aliphatic carbocycles. The molecule has 0 saturated heterocycles. The van der Waals surface area contributed by atoms with Gasteiger partial charge >= 0.3 is 0 Å². The zero-order valence-electron chi connectivity index (χ0n) is 11.5. The summed E-state index contributed by atoms with van der Waals surface area (Å²) < 4.78 is 0. The van der Waals surface area contributed by atoms with Gasteiger partial charge in [-0.25, -0.2) is 0 Å². The molecule has 0 unspecified atom stereocenters. The summed E-state index contributed by atoms with van der Waals surface area (Å²) in [6, 6.07) is 9.00. The van der Waals surface area contributed by atoms with Gasteiger partial charge in [0, 0.05) is 19.6 Å². The average molecular weight is 234 g/mol. The number of aryl methyl sites for hydroxylation is 1. The summed E-state index contributed by atoms with van der Waals surface area (Å²) in [7, 11) is 0. The van der Waals surface area contributed by atoms with Crippen molar-refractivity contribution in [3.8, 4) is 0 Å². The number of hydrogen-bond acceptors (Lipinski definition) is 2. The van der Waals surface area contributed by atoms with E-state index in [1.165, 1.54) is 11.1 Å². The van der Waals surface area contributed by atoms with Crippen molar-refractivity contribution in [1.29, 1.82) is 0 Å². The Morgan fingerprint density at radius 2 is 1.65 bits per heavy atom. The van der Waals surface area contributed by atoms with Crippen LogP contribution in [-0.2, 0) is 13.0 Å². The minimum Gasteiger partial charge on any atom is -0.316 e. The Morgan fingerprint density at radius 1 is 1.00 bits per heavy atom. The largest absolute Gasteiger partial charge is 0.316 e. The quantitative estimate of drug-likeness (QED) is 0.696. The molecule has 17 heavy (non-hydrogen) atoms. The van der Waals surface area contributed by atoms with Crippen LogP contribution in [0, 0.1) is 0 Å². The minimum absolute atomic E-state index is 1.06. The zero-order valence-corrected chi connectivity index (χ0v) is 11.5. The van der Waals surface area contributed by atoms with E-state index in [0.29, 0.717) is 0 Å². The number of hydrogen-bond donors (Lipinski definition) is 1. The van der Waals surface area contributed by atoms with Gasteiger partial charge in [-0.1, -0.05) is 45.0 Å². The predicted octanol–water partition coefficient (Wildman–Crippen LogP) is 2.68. The molecule has 0 atom stereocenters. The van der Waals surface area contributed by atoms with Crippen LogP contribution >= 0.6 is 0 Å². The minimum atomic E-state index is 1.06. The van der Waals surface area contributed by atoms with Gasteiger partial charge in [0.25, 0.3) is 0 Å². The standard InChI is InChI=1S/C15H26N2/c1-4-14-7-9-15(10-8-14)13-17(6-3)12-11-16-5-2/h7-10,16H,4-6,11-13H2,1-3H3. The molecule has 0 bridgehead atoms. The third-order valence-corrected chi connectivity index (χ3v) is 3.14. The fraction of sp³-hybridized carbons (Fsp3) is 0.600. The maximum absolute atomic E-state index is 3.38. The van der Waals surface area contributed by atoms with Crippen molar-refractivity contribution in [1.82, 2.24) is 10.2 Å². The second kappa shape index (κ2) is 8.26. The SMILES string of the molecule is CCNCCN(CC)Cc1ccc(CC)cc1. The molecule has 1 rings (SSSR count). The lowest BCUT2D eigenvalue weighted by molar-refractivity contribution is 0.280. The zero-order chi connectivity index (χ0) is 12.5. The third kappa shape index (κ3) is 5.33. The Hall–Kier alpha value is -0.860. The normalized spacial score (nSPS) is 11.1. The van der Waals surface area contributed by atoms with E-state index in [0.717, 1.165) is 39.1 Å².